The van der Waals surface area contributed by atoms with Gasteiger partial charge in [0.25, 0.3) is 0 Å². The number of Topliss-reactive ketones (excluding diaryl/α,β-unsaturated/α-hetero) is 2. The third kappa shape index (κ3) is 3.19. The summed E-state index contributed by atoms with van der Waals surface area (Å²) in [7, 11) is 0. The normalized spacial score (nSPS) is 14.2. The number of carbonyl (C=O) groups is 2. The maximum atomic E-state index is 13.5. The van der Waals surface area contributed by atoms with Gasteiger partial charge in [-0.1, -0.05) is 72.8 Å². The fraction of sp³-hybridized carbons (Fsp3) is 0.0370. The van der Waals surface area contributed by atoms with Gasteiger partial charge in [-0.15, -0.1) is 0 Å². The van der Waals surface area contributed by atoms with E-state index >= 15 is 0 Å². The molecule has 0 unspecified atom stereocenters. The number of anilines is 1. The summed E-state index contributed by atoms with van der Waals surface area (Å²) in [5, 5.41) is 3.25. The van der Waals surface area contributed by atoms with Gasteiger partial charge in [-0.3, -0.25) is 9.59 Å². The smallest absolute Gasteiger partial charge is 0.201 e. The minimum atomic E-state index is -1.49. The molecule has 5 rings (SSSR count). The number of fused-ring (bicyclic) bond motifs is 1. The molecule has 0 saturated heterocycles. The molecule has 31 heavy (non-hydrogen) atoms. The molecule has 4 aromatic rings. The molecule has 150 valence electrons. The predicted octanol–water partition coefficient (Wildman–Crippen LogP) is 5.87. The number of hydrogen-bond donors (Lipinski definition) is 1. The van der Waals surface area contributed by atoms with Crippen LogP contribution in [-0.2, 0) is 5.54 Å². The first-order valence-corrected chi connectivity index (χ1v) is 10.0. The van der Waals surface area contributed by atoms with Gasteiger partial charge >= 0.3 is 0 Å². The van der Waals surface area contributed by atoms with Crippen LogP contribution in [0, 0.1) is 0 Å². The average molecular weight is 405 g/mol. The van der Waals surface area contributed by atoms with Gasteiger partial charge in [-0.05, 0) is 42.0 Å². The van der Waals surface area contributed by atoms with Gasteiger partial charge in [0.15, 0.2) is 5.54 Å². The average Bonchev–Trinajstić information content (AvgIpc) is 3.04. The van der Waals surface area contributed by atoms with E-state index in [1.54, 1.807) is 24.3 Å². The number of carbonyl (C=O) groups excluding carboxylic acids is 2. The highest BCUT2D eigenvalue weighted by Gasteiger charge is 2.54. The second-order valence-corrected chi connectivity index (χ2v) is 7.38. The van der Waals surface area contributed by atoms with Crippen LogP contribution in [-0.4, -0.2) is 11.6 Å². The largest absolute Gasteiger partial charge is 0.457 e. The molecule has 4 heteroatoms. The Labute approximate surface area is 180 Å². The van der Waals surface area contributed by atoms with Crippen molar-refractivity contribution in [2.45, 2.75) is 5.54 Å². The Morgan fingerprint density at radius 3 is 1.61 bits per heavy atom. The molecule has 0 aromatic heterocycles. The Balaban J connectivity index is 1.51. The van der Waals surface area contributed by atoms with Crippen LogP contribution in [0.1, 0.15) is 26.3 Å². The minimum absolute atomic E-state index is 0.246. The third-order valence-electron chi connectivity index (χ3n) is 5.47. The lowest BCUT2D eigenvalue weighted by Crippen LogP contribution is -2.46. The molecule has 0 amide bonds. The second-order valence-electron chi connectivity index (χ2n) is 7.38. The number of ether oxygens (including phenoxy) is 1. The topological polar surface area (TPSA) is 55.4 Å². The Morgan fingerprint density at radius 2 is 1.03 bits per heavy atom. The molecule has 0 atom stereocenters. The van der Waals surface area contributed by atoms with Gasteiger partial charge in [0.05, 0.1) is 0 Å². The molecule has 0 aliphatic heterocycles. The van der Waals surface area contributed by atoms with E-state index in [1.165, 1.54) is 0 Å². The highest BCUT2D eigenvalue weighted by atomic mass is 16.5. The van der Waals surface area contributed by atoms with Gasteiger partial charge in [0.1, 0.15) is 11.5 Å². The van der Waals surface area contributed by atoms with Crippen molar-refractivity contribution in [2.75, 3.05) is 5.32 Å². The van der Waals surface area contributed by atoms with Crippen LogP contribution >= 0.6 is 0 Å². The molecule has 0 radical (unpaired) electrons. The van der Waals surface area contributed by atoms with Gasteiger partial charge in [0, 0.05) is 16.8 Å². The van der Waals surface area contributed by atoms with Crippen LogP contribution in [0.25, 0.3) is 0 Å². The van der Waals surface area contributed by atoms with E-state index in [9.17, 15) is 9.59 Å². The first kappa shape index (κ1) is 18.8. The standard InChI is InChI=1S/C27H19NO3/c29-25-23-13-7-8-14-24(23)26(30)27(25,19-9-3-1-4-10-19)28-20-15-17-22(18-16-20)31-21-11-5-2-6-12-21/h1-18,28H. The lowest BCUT2D eigenvalue weighted by atomic mass is 9.84. The Hall–Kier alpha value is -4.18. The second kappa shape index (κ2) is 7.58. The van der Waals surface area contributed by atoms with Crippen molar-refractivity contribution in [2.24, 2.45) is 0 Å². The highest BCUT2D eigenvalue weighted by Crippen LogP contribution is 2.40. The van der Waals surface area contributed by atoms with Crippen molar-refractivity contribution in [3.8, 4) is 11.5 Å². The van der Waals surface area contributed by atoms with Crippen molar-refractivity contribution < 1.29 is 14.3 Å². The number of para-hydroxylation sites is 1. The molecule has 1 N–H and O–H groups in total. The minimum Gasteiger partial charge on any atom is -0.457 e. The summed E-state index contributed by atoms with van der Waals surface area (Å²) in [5.74, 6) is 0.909. The van der Waals surface area contributed by atoms with Gasteiger partial charge < -0.3 is 10.1 Å². The number of rotatable bonds is 5. The lowest BCUT2D eigenvalue weighted by molar-refractivity contribution is 0.0819. The van der Waals surface area contributed by atoms with Crippen LogP contribution in [0.3, 0.4) is 0 Å². The fourth-order valence-corrected chi connectivity index (χ4v) is 3.97. The molecule has 1 aliphatic rings. The van der Waals surface area contributed by atoms with Crippen LogP contribution in [0.4, 0.5) is 5.69 Å². The van der Waals surface area contributed by atoms with E-state index < -0.39 is 5.54 Å². The summed E-state index contributed by atoms with van der Waals surface area (Å²) in [6.07, 6.45) is 0. The summed E-state index contributed by atoms with van der Waals surface area (Å²) >= 11 is 0. The van der Waals surface area contributed by atoms with Gasteiger partial charge in [-0.2, -0.15) is 0 Å². The molecular formula is C27H19NO3. The zero-order valence-corrected chi connectivity index (χ0v) is 16.6. The molecule has 0 spiro atoms. The van der Waals surface area contributed by atoms with Gasteiger partial charge in [-0.25, -0.2) is 0 Å². The summed E-state index contributed by atoms with van der Waals surface area (Å²) < 4.78 is 5.84. The molecule has 1 aliphatic carbocycles. The SMILES string of the molecule is O=C1c2ccccc2C(=O)C1(Nc1ccc(Oc2ccccc2)cc1)c1ccccc1. The quantitative estimate of drug-likeness (QED) is 0.422. The Kier molecular flexibility index (Phi) is 4.60. The zero-order valence-electron chi connectivity index (χ0n) is 16.6. The molecule has 0 bridgehead atoms. The maximum Gasteiger partial charge on any atom is 0.201 e. The number of benzene rings is 4. The number of ketones is 2. The Bertz CT molecular complexity index is 1210. The van der Waals surface area contributed by atoms with Crippen LogP contribution in [0.5, 0.6) is 11.5 Å². The van der Waals surface area contributed by atoms with E-state index in [0.29, 0.717) is 28.1 Å². The molecule has 0 fully saturated rings. The van der Waals surface area contributed by atoms with E-state index in [2.05, 4.69) is 5.32 Å². The predicted molar refractivity (Wildman–Crippen MR) is 120 cm³/mol. The van der Waals surface area contributed by atoms with Crippen molar-refractivity contribution >= 4 is 17.3 Å². The zero-order chi connectivity index (χ0) is 21.3. The fourth-order valence-electron chi connectivity index (χ4n) is 3.97. The molecule has 0 saturated carbocycles. The monoisotopic (exact) mass is 405 g/mol. The molecule has 4 nitrogen and oxygen atoms in total. The highest BCUT2D eigenvalue weighted by molar-refractivity contribution is 6.34. The molecule has 4 aromatic carbocycles. The van der Waals surface area contributed by atoms with Crippen LogP contribution in [0.15, 0.2) is 109 Å². The van der Waals surface area contributed by atoms with Crippen molar-refractivity contribution in [1.29, 1.82) is 0 Å². The van der Waals surface area contributed by atoms with Crippen molar-refractivity contribution in [3.05, 3.63) is 126 Å². The Morgan fingerprint density at radius 1 is 0.548 bits per heavy atom. The third-order valence-corrected chi connectivity index (χ3v) is 5.47. The first-order valence-electron chi connectivity index (χ1n) is 10.0. The van der Waals surface area contributed by atoms with Crippen LogP contribution in [0.2, 0.25) is 0 Å². The van der Waals surface area contributed by atoms with E-state index in [1.807, 2.05) is 84.9 Å². The van der Waals surface area contributed by atoms with E-state index in [-0.39, 0.29) is 11.6 Å². The van der Waals surface area contributed by atoms with E-state index in [0.717, 1.165) is 5.75 Å². The molecular weight excluding hydrogens is 386 g/mol. The summed E-state index contributed by atoms with van der Waals surface area (Å²) in [4.78, 5) is 27.1. The lowest BCUT2D eigenvalue weighted by Gasteiger charge is -2.29. The summed E-state index contributed by atoms with van der Waals surface area (Å²) in [6, 6.07) is 32.9. The molecule has 0 heterocycles. The van der Waals surface area contributed by atoms with Crippen molar-refractivity contribution in [1.82, 2.24) is 0 Å². The van der Waals surface area contributed by atoms with Crippen molar-refractivity contribution in [3.63, 3.8) is 0 Å². The van der Waals surface area contributed by atoms with Crippen LogP contribution < -0.4 is 10.1 Å². The summed E-state index contributed by atoms with van der Waals surface area (Å²) in [6.45, 7) is 0. The first-order chi connectivity index (χ1) is 15.2. The van der Waals surface area contributed by atoms with E-state index in [4.69, 9.17) is 4.74 Å². The maximum absolute atomic E-state index is 13.5. The number of hydrogen-bond acceptors (Lipinski definition) is 4. The van der Waals surface area contributed by atoms with Gasteiger partial charge in [0.2, 0.25) is 11.6 Å². The summed E-state index contributed by atoms with van der Waals surface area (Å²) in [5.41, 5.74) is 0.651. The number of nitrogens with one attached hydrogen (secondary N) is 1.